The summed E-state index contributed by atoms with van der Waals surface area (Å²) in [6.45, 7) is 4.18. The van der Waals surface area contributed by atoms with Gasteiger partial charge < -0.3 is 15.3 Å². The molecule has 1 aliphatic rings. The van der Waals surface area contributed by atoms with Crippen LogP contribution in [-0.4, -0.2) is 30.2 Å². The first-order chi connectivity index (χ1) is 13.6. The van der Waals surface area contributed by atoms with Gasteiger partial charge in [-0.2, -0.15) is 0 Å². The number of nitrogens with one attached hydrogen (secondary N) is 1. The van der Waals surface area contributed by atoms with Crippen molar-refractivity contribution >= 4 is 47.2 Å². The van der Waals surface area contributed by atoms with Crippen LogP contribution in [0.25, 0.3) is 10.8 Å². The first kappa shape index (κ1) is 24.0. The van der Waals surface area contributed by atoms with Crippen LogP contribution >= 0.6 is 24.8 Å². The second-order valence-electron chi connectivity index (χ2n) is 7.59. The van der Waals surface area contributed by atoms with Crippen molar-refractivity contribution in [3.05, 3.63) is 77.9 Å². The van der Waals surface area contributed by atoms with Gasteiger partial charge in [-0.25, -0.2) is 4.79 Å². The molecule has 0 spiro atoms. The molecule has 1 fully saturated rings. The Balaban J connectivity index is 0.00000160. The lowest BCUT2D eigenvalue weighted by atomic mass is 9.97. The van der Waals surface area contributed by atoms with Crippen LogP contribution in [0.3, 0.4) is 0 Å². The number of rotatable bonds is 5. The van der Waals surface area contributed by atoms with Gasteiger partial charge in [-0.3, -0.25) is 0 Å². The number of aromatic carboxylic acids is 1. The number of fused-ring (bicyclic) bond motifs is 1. The van der Waals surface area contributed by atoms with Crippen molar-refractivity contribution < 1.29 is 9.90 Å². The number of carbonyl (C=O) groups is 1. The van der Waals surface area contributed by atoms with E-state index < -0.39 is 5.97 Å². The Hall–Kier alpha value is -2.27. The fourth-order valence-corrected chi connectivity index (χ4v) is 4.23. The van der Waals surface area contributed by atoms with E-state index in [2.05, 4.69) is 59.6 Å². The molecular weight excluding hydrogens is 419 g/mol. The van der Waals surface area contributed by atoms with E-state index in [0.29, 0.717) is 11.6 Å². The Bertz CT molecular complexity index is 973. The largest absolute Gasteiger partial charge is 0.478 e. The molecule has 1 saturated heterocycles. The van der Waals surface area contributed by atoms with Crippen molar-refractivity contribution in [1.29, 1.82) is 0 Å². The van der Waals surface area contributed by atoms with E-state index in [1.54, 1.807) is 12.1 Å². The molecule has 0 bridgehead atoms. The number of hydrogen-bond acceptors (Lipinski definition) is 3. The van der Waals surface area contributed by atoms with E-state index in [9.17, 15) is 4.79 Å². The summed E-state index contributed by atoms with van der Waals surface area (Å²) in [5.74, 6) is -0.881. The van der Waals surface area contributed by atoms with E-state index in [1.807, 2.05) is 12.1 Å². The number of carboxylic acid groups (broad SMARTS) is 1. The zero-order chi connectivity index (χ0) is 19.5. The molecule has 30 heavy (non-hydrogen) atoms. The average molecular weight is 447 g/mol. The number of hydrogen-bond donors (Lipinski definition) is 2. The molecular formula is C24H28Cl2N2O2. The van der Waals surface area contributed by atoms with Gasteiger partial charge in [0.05, 0.1) is 5.56 Å². The van der Waals surface area contributed by atoms with E-state index in [0.717, 1.165) is 31.6 Å². The Labute approximate surface area is 190 Å². The highest BCUT2D eigenvalue weighted by Crippen LogP contribution is 2.26. The molecule has 2 atom stereocenters. The number of anilines is 1. The van der Waals surface area contributed by atoms with Crippen molar-refractivity contribution in [2.75, 3.05) is 18.0 Å². The third-order valence-electron chi connectivity index (χ3n) is 5.68. The zero-order valence-corrected chi connectivity index (χ0v) is 18.6. The minimum Gasteiger partial charge on any atom is -0.478 e. The highest BCUT2D eigenvalue weighted by Gasteiger charge is 2.22. The molecule has 3 aromatic rings. The third kappa shape index (κ3) is 5.25. The van der Waals surface area contributed by atoms with Gasteiger partial charge in [-0.1, -0.05) is 42.5 Å². The maximum atomic E-state index is 11.1. The summed E-state index contributed by atoms with van der Waals surface area (Å²) in [5.41, 5.74) is 2.76. The second-order valence-corrected chi connectivity index (χ2v) is 7.59. The quantitative estimate of drug-likeness (QED) is 0.527. The van der Waals surface area contributed by atoms with Crippen LogP contribution in [0, 0.1) is 0 Å². The molecule has 2 N–H and O–H groups in total. The Morgan fingerprint density at radius 1 is 1.03 bits per heavy atom. The molecule has 0 saturated carbocycles. The van der Waals surface area contributed by atoms with Crippen LogP contribution in [0.4, 0.5) is 5.69 Å². The lowest BCUT2D eigenvalue weighted by Crippen LogP contribution is -2.46. The Morgan fingerprint density at radius 2 is 1.73 bits per heavy atom. The van der Waals surface area contributed by atoms with E-state index in [-0.39, 0.29) is 30.9 Å². The van der Waals surface area contributed by atoms with Crippen LogP contribution in [0.5, 0.6) is 0 Å². The van der Waals surface area contributed by atoms with Crippen molar-refractivity contribution in [2.24, 2.45) is 0 Å². The second kappa shape index (κ2) is 10.7. The SMILES string of the molecule is C[C@@H](N[C@H]1CCCN(c2ccc(C(=O)O)cc2)C1)c1cccc2ccccc12.Cl.Cl. The molecule has 3 aromatic carbocycles. The van der Waals surface area contributed by atoms with Crippen LogP contribution in [0.2, 0.25) is 0 Å². The predicted molar refractivity (Wildman–Crippen MR) is 129 cm³/mol. The first-order valence-corrected chi connectivity index (χ1v) is 9.94. The smallest absolute Gasteiger partial charge is 0.335 e. The summed E-state index contributed by atoms with van der Waals surface area (Å²) in [7, 11) is 0. The summed E-state index contributed by atoms with van der Waals surface area (Å²) < 4.78 is 0. The maximum absolute atomic E-state index is 11.1. The van der Waals surface area contributed by atoms with Crippen LogP contribution < -0.4 is 10.2 Å². The Kier molecular flexibility index (Phi) is 8.54. The molecule has 1 heterocycles. The highest BCUT2D eigenvalue weighted by molar-refractivity contribution is 5.88. The molecule has 0 aromatic heterocycles. The van der Waals surface area contributed by atoms with Gasteiger partial charge in [0.1, 0.15) is 0 Å². The zero-order valence-electron chi connectivity index (χ0n) is 17.0. The van der Waals surface area contributed by atoms with Crippen LogP contribution in [0.15, 0.2) is 66.7 Å². The molecule has 6 heteroatoms. The van der Waals surface area contributed by atoms with E-state index in [1.165, 1.54) is 16.3 Å². The van der Waals surface area contributed by atoms with Gasteiger partial charge >= 0.3 is 5.97 Å². The van der Waals surface area contributed by atoms with Crippen molar-refractivity contribution in [1.82, 2.24) is 5.32 Å². The fraction of sp³-hybridized carbons (Fsp3) is 0.292. The molecule has 4 nitrogen and oxygen atoms in total. The molecule has 0 amide bonds. The predicted octanol–water partition coefficient (Wildman–Crippen LogP) is 5.70. The average Bonchev–Trinajstić information content (AvgIpc) is 2.73. The van der Waals surface area contributed by atoms with Gasteiger partial charge in [-0.05, 0) is 60.4 Å². The summed E-state index contributed by atoms with van der Waals surface area (Å²) >= 11 is 0. The normalized spacial score (nSPS) is 17.0. The number of nitrogens with zero attached hydrogens (tertiary/aromatic N) is 1. The minimum absolute atomic E-state index is 0. The molecule has 160 valence electrons. The lowest BCUT2D eigenvalue weighted by Gasteiger charge is -2.36. The number of benzene rings is 3. The van der Waals surface area contributed by atoms with Gasteiger partial charge in [0.15, 0.2) is 0 Å². The lowest BCUT2D eigenvalue weighted by molar-refractivity contribution is 0.0697. The summed E-state index contributed by atoms with van der Waals surface area (Å²) in [4.78, 5) is 13.4. The van der Waals surface area contributed by atoms with Crippen molar-refractivity contribution in [3.8, 4) is 0 Å². The molecule has 0 aliphatic carbocycles. The van der Waals surface area contributed by atoms with Crippen LogP contribution in [0.1, 0.15) is 41.7 Å². The van der Waals surface area contributed by atoms with Crippen molar-refractivity contribution in [3.63, 3.8) is 0 Å². The van der Waals surface area contributed by atoms with Crippen LogP contribution in [-0.2, 0) is 0 Å². The number of piperidine rings is 1. The molecule has 0 unspecified atom stereocenters. The standard InChI is InChI=1S/C24H26N2O2.2ClH/c1-17(22-10-4-7-18-6-2-3-9-23(18)22)25-20-8-5-15-26(16-20)21-13-11-19(12-14-21)24(27)28;;/h2-4,6-7,9-14,17,20,25H,5,8,15-16H2,1H3,(H,27,28);2*1H/t17-,20+;;/m1../s1. The van der Waals surface area contributed by atoms with Crippen molar-refractivity contribution in [2.45, 2.75) is 31.8 Å². The molecule has 4 rings (SSSR count). The third-order valence-corrected chi connectivity index (χ3v) is 5.68. The van der Waals surface area contributed by atoms with E-state index >= 15 is 0 Å². The minimum atomic E-state index is -0.881. The van der Waals surface area contributed by atoms with Gasteiger partial charge in [0, 0.05) is 30.9 Å². The van der Waals surface area contributed by atoms with E-state index in [4.69, 9.17) is 5.11 Å². The summed E-state index contributed by atoms with van der Waals surface area (Å²) in [5, 5.41) is 15.5. The molecule has 1 aliphatic heterocycles. The highest BCUT2D eigenvalue weighted by atomic mass is 35.5. The monoisotopic (exact) mass is 446 g/mol. The van der Waals surface area contributed by atoms with Gasteiger partial charge in [0.25, 0.3) is 0 Å². The number of carboxylic acids is 1. The summed E-state index contributed by atoms with van der Waals surface area (Å²) in [6.07, 6.45) is 2.28. The summed E-state index contributed by atoms with van der Waals surface area (Å²) in [6, 6.07) is 22.9. The first-order valence-electron chi connectivity index (χ1n) is 9.94. The maximum Gasteiger partial charge on any atom is 0.335 e. The molecule has 0 radical (unpaired) electrons. The number of halogens is 2. The Morgan fingerprint density at radius 3 is 2.47 bits per heavy atom. The van der Waals surface area contributed by atoms with Gasteiger partial charge in [0.2, 0.25) is 0 Å². The topological polar surface area (TPSA) is 52.6 Å². The fourth-order valence-electron chi connectivity index (χ4n) is 4.23. The van der Waals surface area contributed by atoms with Gasteiger partial charge in [-0.15, -0.1) is 24.8 Å².